The maximum atomic E-state index is 12.5. The van der Waals surface area contributed by atoms with Crippen LogP contribution in [0.15, 0.2) is 54.2 Å². The second kappa shape index (κ2) is 10.9. The highest BCUT2D eigenvalue weighted by molar-refractivity contribution is 7.99. The molecule has 0 bridgehead atoms. The molecule has 0 aliphatic carbocycles. The number of aromatic nitrogens is 3. The number of halogens is 2. The molecule has 1 N–H and O–H groups in total. The van der Waals surface area contributed by atoms with Crippen LogP contribution in [-0.4, -0.2) is 26.4 Å². The first-order valence-electron chi connectivity index (χ1n) is 9.93. The van der Waals surface area contributed by atoms with Crippen molar-refractivity contribution in [2.75, 3.05) is 11.1 Å². The van der Waals surface area contributed by atoms with Crippen LogP contribution >= 0.6 is 35.0 Å². The quantitative estimate of drug-likeness (QED) is 0.283. The second-order valence-corrected chi connectivity index (χ2v) is 9.07. The van der Waals surface area contributed by atoms with E-state index in [9.17, 15) is 4.79 Å². The third-order valence-corrected chi connectivity index (χ3v) is 5.95. The van der Waals surface area contributed by atoms with Crippen molar-refractivity contribution in [3.8, 4) is 5.75 Å². The zero-order valence-electron chi connectivity index (χ0n) is 18.1. The van der Waals surface area contributed by atoms with Crippen molar-refractivity contribution in [3.63, 3.8) is 0 Å². The minimum absolute atomic E-state index is 0.119. The average molecular weight is 491 g/mol. The van der Waals surface area contributed by atoms with Gasteiger partial charge in [0.25, 0.3) is 0 Å². The van der Waals surface area contributed by atoms with E-state index in [0.717, 1.165) is 16.8 Å². The third kappa shape index (κ3) is 6.28. The predicted molar refractivity (Wildman–Crippen MR) is 131 cm³/mol. The molecule has 0 aliphatic heterocycles. The normalized spacial score (nSPS) is 11.8. The molecule has 0 saturated heterocycles. The highest BCUT2D eigenvalue weighted by atomic mass is 35.5. The molecule has 1 amide bonds. The minimum Gasteiger partial charge on any atom is -0.481 e. The first-order valence-corrected chi connectivity index (χ1v) is 11.7. The van der Waals surface area contributed by atoms with E-state index in [4.69, 9.17) is 27.9 Å². The van der Waals surface area contributed by atoms with Crippen molar-refractivity contribution in [2.45, 2.75) is 38.6 Å². The Morgan fingerprint density at radius 3 is 2.59 bits per heavy atom. The Balaban J connectivity index is 1.69. The summed E-state index contributed by atoms with van der Waals surface area (Å²) in [5.41, 5.74) is 2.97. The molecule has 32 heavy (non-hydrogen) atoms. The molecule has 2 aromatic carbocycles. The van der Waals surface area contributed by atoms with Crippen LogP contribution < -0.4 is 10.1 Å². The van der Waals surface area contributed by atoms with E-state index in [1.54, 1.807) is 24.3 Å². The number of nitrogens with one attached hydrogen (secondary N) is 1. The lowest BCUT2D eigenvalue weighted by molar-refractivity contribution is -0.113. The van der Waals surface area contributed by atoms with Crippen LogP contribution in [0.2, 0.25) is 10.0 Å². The molecule has 3 rings (SSSR count). The molecule has 0 radical (unpaired) electrons. The van der Waals surface area contributed by atoms with Gasteiger partial charge in [0.15, 0.2) is 17.1 Å². The van der Waals surface area contributed by atoms with Crippen molar-refractivity contribution < 1.29 is 9.53 Å². The number of anilines is 1. The Labute approximate surface area is 202 Å². The van der Waals surface area contributed by atoms with Crippen LogP contribution in [0.1, 0.15) is 30.0 Å². The summed E-state index contributed by atoms with van der Waals surface area (Å²) in [7, 11) is 0. The lowest BCUT2D eigenvalue weighted by Gasteiger charge is -2.16. The van der Waals surface area contributed by atoms with E-state index in [0.29, 0.717) is 33.3 Å². The van der Waals surface area contributed by atoms with Crippen molar-refractivity contribution >= 4 is 46.6 Å². The highest BCUT2D eigenvalue weighted by Crippen LogP contribution is 2.31. The number of ether oxygens (including phenoxy) is 1. The topological polar surface area (TPSA) is 69.0 Å². The largest absolute Gasteiger partial charge is 0.481 e. The molecular formula is C23H24Cl2N4O2S. The van der Waals surface area contributed by atoms with Gasteiger partial charge in [0.1, 0.15) is 5.75 Å². The van der Waals surface area contributed by atoms with Crippen molar-refractivity contribution in [1.82, 2.24) is 14.8 Å². The fourth-order valence-corrected chi connectivity index (χ4v) is 4.40. The van der Waals surface area contributed by atoms with Crippen LogP contribution in [0.3, 0.4) is 0 Å². The molecule has 168 valence electrons. The van der Waals surface area contributed by atoms with E-state index in [1.165, 1.54) is 11.8 Å². The van der Waals surface area contributed by atoms with Gasteiger partial charge in [-0.15, -0.1) is 16.8 Å². The Bertz CT molecular complexity index is 1110. The summed E-state index contributed by atoms with van der Waals surface area (Å²) in [6.45, 7) is 10.1. The number of allylic oxidation sites excluding steroid dienone is 1. The van der Waals surface area contributed by atoms with Crippen LogP contribution in [0, 0.1) is 13.8 Å². The summed E-state index contributed by atoms with van der Waals surface area (Å²) in [6, 6.07) is 11.0. The SMILES string of the molecule is C=CCn1c(SCC(=O)Nc2cc(C)cc(C)c2)nnc1C(C)Oc1ccc(Cl)cc1Cl. The van der Waals surface area contributed by atoms with E-state index in [1.807, 2.05) is 37.5 Å². The van der Waals surface area contributed by atoms with Gasteiger partial charge < -0.3 is 10.1 Å². The Morgan fingerprint density at radius 1 is 1.22 bits per heavy atom. The molecule has 9 heteroatoms. The van der Waals surface area contributed by atoms with Crippen LogP contribution in [0.25, 0.3) is 0 Å². The standard InChI is InChI=1S/C23H24Cl2N4O2S/c1-5-8-29-22(16(4)31-20-7-6-17(24)12-19(20)25)27-28-23(29)32-13-21(30)26-18-10-14(2)9-15(3)11-18/h5-7,9-12,16H,1,8,13H2,2-4H3,(H,26,30). The van der Waals surface area contributed by atoms with E-state index < -0.39 is 6.10 Å². The maximum Gasteiger partial charge on any atom is 0.234 e. The monoisotopic (exact) mass is 490 g/mol. The summed E-state index contributed by atoms with van der Waals surface area (Å²) in [5, 5.41) is 13.0. The number of hydrogen-bond donors (Lipinski definition) is 1. The number of carbonyl (C=O) groups is 1. The van der Waals surface area contributed by atoms with E-state index >= 15 is 0 Å². The third-order valence-electron chi connectivity index (χ3n) is 4.46. The molecule has 1 aromatic heterocycles. The first kappa shape index (κ1) is 24.2. The smallest absolute Gasteiger partial charge is 0.234 e. The molecule has 0 fully saturated rings. The Hall–Kier alpha value is -2.48. The molecule has 0 spiro atoms. The van der Waals surface area contributed by atoms with E-state index in [-0.39, 0.29) is 11.7 Å². The summed E-state index contributed by atoms with van der Waals surface area (Å²) >= 11 is 13.5. The van der Waals surface area contributed by atoms with Crippen molar-refractivity contribution in [3.05, 3.63) is 76.0 Å². The van der Waals surface area contributed by atoms with Crippen LogP contribution in [-0.2, 0) is 11.3 Å². The van der Waals surface area contributed by atoms with Gasteiger partial charge in [-0.25, -0.2) is 0 Å². The zero-order valence-corrected chi connectivity index (χ0v) is 20.4. The number of aryl methyl sites for hydroxylation is 2. The van der Waals surface area contributed by atoms with Crippen molar-refractivity contribution in [2.24, 2.45) is 0 Å². The molecule has 1 atom stereocenters. The molecule has 3 aromatic rings. The number of amides is 1. The number of carbonyl (C=O) groups excluding carboxylic acids is 1. The Morgan fingerprint density at radius 2 is 1.94 bits per heavy atom. The average Bonchev–Trinajstić information content (AvgIpc) is 3.11. The minimum atomic E-state index is -0.431. The van der Waals surface area contributed by atoms with Gasteiger partial charge in [0.2, 0.25) is 5.91 Å². The first-order chi connectivity index (χ1) is 15.3. The van der Waals surface area contributed by atoms with E-state index in [2.05, 4.69) is 28.2 Å². The van der Waals surface area contributed by atoms with Crippen LogP contribution in [0.5, 0.6) is 5.75 Å². The second-order valence-electron chi connectivity index (χ2n) is 7.29. The molecule has 1 heterocycles. The molecular weight excluding hydrogens is 467 g/mol. The molecule has 0 saturated carbocycles. The fraction of sp³-hybridized carbons (Fsp3) is 0.261. The van der Waals surface area contributed by atoms with Gasteiger partial charge in [0, 0.05) is 17.3 Å². The summed E-state index contributed by atoms with van der Waals surface area (Å²) < 4.78 is 7.85. The lowest BCUT2D eigenvalue weighted by Crippen LogP contribution is -2.15. The molecule has 0 aliphatic rings. The summed E-state index contributed by atoms with van der Waals surface area (Å²) in [5.74, 6) is 1.18. The van der Waals surface area contributed by atoms with Gasteiger partial charge in [-0.1, -0.05) is 47.1 Å². The number of nitrogens with zero attached hydrogens (tertiary/aromatic N) is 3. The number of benzene rings is 2. The zero-order chi connectivity index (χ0) is 23.3. The predicted octanol–water partition coefficient (Wildman–Crippen LogP) is 6.26. The number of thioether (sulfide) groups is 1. The summed E-state index contributed by atoms with van der Waals surface area (Å²) in [4.78, 5) is 12.5. The maximum absolute atomic E-state index is 12.5. The van der Waals surface area contributed by atoms with Gasteiger partial charge in [-0.3, -0.25) is 9.36 Å². The molecule has 6 nitrogen and oxygen atoms in total. The number of hydrogen-bond acceptors (Lipinski definition) is 5. The number of rotatable bonds is 9. The Kier molecular flexibility index (Phi) is 8.23. The van der Waals surface area contributed by atoms with Gasteiger partial charge in [-0.05, 0) is 62.2 Å². The van der Waals surface area contributed by atoms with Gasteiger partial charge in [0.05, 0.1) is 10.8 Å². The highest BCUT2D eigenvalue weighted by Gasteiger charge is 2.20. The van der Waals surface area contributed by atoms with Gasteiger partial charge in [-0.2, -0.15) is 0 Å². The van der Waals surface area contributed by atoms with Crippen LogP contribution in [0.4, 0.5) is 5.69 Å². The molecule has 1 unspecified atom stereocenters. The van der Waals surface area contributed by atoms with Crippen molar-refractivity contribution in [1.29, 1.82) is 0 Å². The van der Waals surface area contributed by atoms with Gasteiger partial charge >= 0.3 is 0 Å². The fourth-order valence-electron chi connectivity index (χ4n) is 3.20. The lowest BCUT2D eigenvalue weighted by atomic mass is 10.1. The summed E-state index contributed by atoms with van der Waals surface area (Å²) in [6.07, 6.45) is 1.31.